The van der Waals surface area contributed by atoms with Gasteiger partial charge in [-0.25, -0.2) is 0 Å². The summed E-state index contributed by atoms with van der Waals surface area (Å²) >= 11 is 0. The Hall–Kier alpha value is -2.94. The smallest absolute Gasteiger partial charge is 0.248 e. The van der Waals surface area contributed by atoms with Crippen molar-refractivity contribution in [1.29, 1.82) is 0 Å². The molecule has 1 aliphatic carbocycles. The maximum atomic E-state index is 11.6. The fourth-order valence-corrected chi connectivity index (χ4v) is 4.68. The molecule has 2 aliphatic rings. The third kappa shape index (κ3) is 6.10. The Bertz CT molecular complexity index is 967. The second kappa shape index (κ2) is 10.3. The number of anilines is 4. The van der Waals surface area contributed by atoms with Crippen molar-refractivity contribution < 1.29 is 4.79 Å². The number of carbonyl (C=O) groups excluding carboxylic acids is 1. The molecule has 2 heterocycles. The van der Waals surface area contributed by atoms with Gasteiger partial charge in [-0.05, 0) is 55.8 Å². The van der Waals surface area contributed by atoms with Crippen LogP contribution in [0.1, 0.15) is 62.4 Å². The molecule has 2 aromatic rings. The van der Waals surface area contributed by atoms with Gasteiger partial charge in [0, 0.05) is 37.4 Å². The lowest BCUT2D eigenvalue weighted by Gasteiger charge is -2.30. The molecule has 1 atom stereocenters. The van der Waals surface area contributed by atoms with Crippen molar-refractivity contribution in [1.82, 2.24) is 20.3 Å². The third-order valence-corrected chi connectivity index (χ3v) is 6.56. The maximum Gasteiger partial charge on any atom is 0.248 e. The van der Waals surface area contributed by atoms with E-state index in [0.717, 1.165) is 37.3 Å². The van der Waals surface area contributed by atoms with E-state index in [0.29, 0.717) is 23.4 Å². The van der Waals surface area contributed by atoms with E-state index in [9.17, 15) is 4.79 Å². The standard InChI is InChI=1S/C23H34N8O.CH4/c1-15-6-7-16(19(24)32)12-18(15)27-21-28-20(26-17-8-11-25-13-17)29-22(30-21)31(3)14-23(2)9-4-5-10-23;/h6-7,12,17,25H,4-5,8-11,13-14H2,1-3H3,(H2,24,32)(H2,26,27,28,29,30);1H4/t17-;/m1./s1. The number of benzene rings is 1. The van der Waals surface area contributed by atoms with Crippen LogP contribution in [0.15, 0.2) is 18.2 Å². The molecule has 0 spiro atoms. The monoisotopic (exact) mass is 454 g/mol. The van der Waals surface area contributed by atoms with Crippen LogP contribution in [0.25, 0.3) is 0 Å². The normalized spacial score (nSPS) is 19.1. The van der Waals surface area contributed by atoms with Crippen molar-refractivity contribution in [3.8, 4) is 0 Å². The van der Waals surface area contributed by atoms with Crippen LogP contribution in [0.3, 0.4) is 0 Å². The Labute approximate surface area is 197 Å². The molecule has 0 unspecified atom stereocenters. The van der Waals surface area contributed by atoms with Gasteiger partial charge in [0.15, 0.2) is 0 Å². The zero-order chi connectivity index (χ0) is 22.7. The average molecular weight is 455 g/mol. The predicted octanol–water partition coefficient (Wildman–Crippen LogP) is 3.45. The predicted molar refractivity (Wildman–Crippen MR) is 134 cm³/mol. The first kappa shape index (κ1) is 24.7. The highest BCUT2D eigenvalue weighted by molar-refractivity contribution is 5.94. The number of primary amides is 1. The highest BCUT2D eigenvalue weighted by Crippen LogP contribution is 2.38. The van der Waals surface area contributed by atoms with Crippen LogP contribution in [0.4, 0.5) is 23.5 Å². The first-order chi connectivity index (χ1) is 15.3. The summed E-state index contributed by atoms with van der Waals surface area (Å²) in [4.78, 5) is 27.8. The number of aryl methyl sites for hydroxylation is 1. The lowest BCUT2D eigenvalue weighted by molar-refractivity contribution is 0.100. The zero-order valence-corrected chi connectivity index (χ0v) is 19.2. The Morgan fingerprint density at radius 1 is 1.24 bits per heavy atom. The van der Waals surface area contributed by atoms with Gasteiger partial charge >= 0.3 is 0 Å². The van der Waals surface area contributed by atoms with Crippen molar-refractivity contribution in [2.24, 2.45) is 11.1 Å². The number of nitrogens with one attached hydrogen (secondary N) is 3. The molecule has 4 rings (SSSR count). The molecule has 1 saturated carbocycles. The van der Waals surface area contributed by atoms with Gasteiger partial charge in [0.05, 0.1) is 0 Å². The van der Waals surface area contributed by atoms with Crippen LogP contribution in [0, 0.1) is 12.3 Å². The number of nitrogens with zero attached hydrogens (tertiary/aromatic N) is 4. The minimum absolute atomic E-state index is 0. The molecule has 1 saturated heterocycles. The van der Waals surface area contributed by atoms with Gasteiger partial charge in [-0.2, -0.15) is 15.0 Å². The lowest BCUT2D eigenvalue weighted by atomic mass is 9.88. The molecule has 180 valence electrons. The summed E-state index contributed by atoms with van der Waals surface area (Å²) in [6.45, 7) is 7.08. The van der Waals surface area contributed by atoms with Crippen molar-refractivity contribution >= 4 is 29.4 Å². The van der Waals surface area contributed by atoms with E-state index in [-0.39, 0.29) is 18.9 Å². The number of carbonyl (C=O) groups is 1. The first-order valence-electron chi connectivity index (χ1n) is 11.4. The van der Waals surface area contributed by atoms with Gasteiger partial charge in [-0.15, -0.1) is 0 Å². The molecule has 1 amide bonds. The quantitative estimate of drug-likeness (QED) is 0.479. The van der Waals surface area contributed by atoms with Crippen molar-refractivity contribution in [3.05, 3.63) is 29.3 Å². The van der Waals surface area contributed by atoms with Gasteiger partial charge < -0.3 is 26.6 Å². The van der Waals surface area contributed by atoms with Gasteiger partial charge in [0.1, 0.15) is 0 Å². The maximum absolute atomic E-state index is 11.6. The number of rotatable bonds is 8. The Balaban J connectivity index is 0.00000306. The van der Waals surface area contributed by atoms with Crippen LogP contribution in [-0.2, 0) is 0 Å². The molecule has 1 aromatic carbocycles. The van der Waals surface area contributed by atoms with Gasteiger partial charge in [-0.1, -0.05) is 33.3 Å². The van der Waals surface area contributed by atoms with E-state index in [4.69, 9.17) is 15.7 Å². The van der Waals surface area contributed by atoms with Gasteiger partial charge in [0.25, 0.3) is 0 Å². The summed E-state index contributed by atoms with van der Waals surface area (Å²) in [5.74, 6) is 1.16. The minimum atomic E-state index is -0.468. The second-order valence-electron chi connectivity index (χ2n) is 9.51. The highest BCUT2D eigenvalue weighted by Gasteiger charge is 2.31. The third-order valence-electron chi connectivity index (χ3n) is 6.56. The first-order valence-corrected chi connectivity index (χ1v) is 11.4. The summed E-state index contributed by atoms with van der Waals surface area (Å²) in [5, 5.41) is 10.1. The summed E-state index contributed by atoms with van der Waals surface area (Å²) in [6.07, 6.45) is 6.05. The lowest BCUT2D eigenvalue weighted by Crippen LogP contribution is -2.33. The molecule has 9 nitrogen and oxygen atoms in total. The van der Waals surface area contributed by atoms with Crippen LogP contribution in [-0.4, -0.2) is 53.6 Å². The number of nitrogens with two attached hydrogens (primary N) is 1. The fraction of sp³-hybridized carbons (Fsp3) is 0.583. The summed E-state index contributed by atoms with van der Waals surface area (Å²) < 4.78 is 0. The summed E-state index contributed by atoms with van der Waals surface area (Å²) in [7, 11) is 2.04. The molecule has 1 aliphatic heterocycles. The van der Waals surface area contributed by atoms with E-state index in [2.05, 4.69) is 32.8 Å². The molecule has 9 heteroatoms. The molecule has 1 aromatic heterocycles. The van der Waals surface area contributed by atoms with E-state index in [1.165, 1.54) is 25.7 Å². The molecular weight excluding hydrogens is 416 g/mol. The van der Waals surface area contributed by atoms with Crippen LogP contribution in [0.2, 0.25) is 0 Å². The van der Waals surface area contributed by atoms with Crippen molar-refractivity contribution in [3.63, 3.8) is 0 Å². The molecule has 0 radical (unpaired) electrons. The zero-order valence-electron chi connectivity index (χ0n) is 19.2. The van der Waals surface area contributed by atoms with Crippen LogP contribution in [0.5, 0.6) is 0 Å². The largest absolute Gasteiger partial charge is 0.366 e. The molecule has 5 N–H and O–H groups in total. The molecule has 2 fully saturated rings. The van der Waals surface area contributed by atoms with E-state index in [1.54, 1.807) is 12.1 Å². The molecule has 0 bridgehead atoms. The number of aromatic nitrogens is 3. The Morgan fingerprint density at radius 3 is 2.64 bits per heavy atom. The van der Waals surface area contributed by atoms with E-state index < -0.39 is 5.91 Å². The van der Waals surface area contributed by atoms with Gasteiger partial charge in [-0.3, -0.25) is 4.79 Å². The second-order valence-corrected chi connectivity index (χ2v) is 9.51. The van der Waals surface area contributed by atoms with E-state index in [1.807, 2.05) is 20.0 Å². The summed E-state index contributed by atoms with van der Waals surface area (Å²) in [6, 6.07) is 5.60. The number of hydrogen-bond donors (Lipinski definition) is 4. The number of hydrogen-bond acceptors (Lipinski definition) is 8. The number of amides is 1. The van der Waals surface area contributed by atoms with Crippen molar-refractivity contribution in [2.45, 2.75) is 59.4 Å². The van der Waals surface area contributed by atoms with Gasteiger partial charge in [0.2, 0.25) is 23.8 Å². The average Bonchev–Trinajstić information content (AvgIpc) is 3.41. The van der Waals surface area contributed by atoms with Crippen LogP contribution >= 0.6 is 0 Å². The Morgan fingerprint density at radius 2 is 1.97 bits per heavy atom. The SMILES string of the molecule is C.Cc1ccc(C(N)=O)cc1Nc1nc(N[C@@H]2CCNC2)nc(N(C)CC2(C)CCCC2)n1. The van der Waals surface area contributed by atoms with Crippen LogP contribution < -0.4 is 26.6 Å². The topological polar surface area (TPSA) is 121 Å². The highest BCUT2D eigenvalue weighted by atomic mass is 16.1. The molecule has 33 heavy (non-hydrogen) atoms. The minimum Gasteiger partial charge on any atom is -0.366 e. The fourth-order valence-electron chi connectivity index (χ4n) is 4.68. The van der Waals surface area contributed by atoms with Crippen molar-refractivity contribution in [2.75, 3.05) is 42.2 Å². The summed E-state index contributed by atoms with van der Waals surface area (Å²) in [5.41, 5.74) is 7.90. The Kier molecular flexibility index (Phi) is 7.73. The van der Waals surface area contributed by atoms with E-state index >= 15 is 0 Å². The molecular formula is C24H38N8O.